The maximum absolute atomic E-state index is 11.0. The largest absolute Gasteiger partial charge is 0.459 e. The second-order valence-corrected chi connectivity index (χ2v) is 2.51. The summed E-state index contributed by atoms with van der Waals surface area (Å²) in [6, 6.07) is 0. The molecule has 0 atom stereocenters. The van der Waals surface area contributed by atoms with Crippen LogP contribution in [0.1, 0.15) is 17.6 Å². The molecule has 0 aromatic carbocycles. The summed E-state index contributed by atoms with van der Waals surface area (Å²) in [6.45, 7) is 2.00. The Labute approximate surface area is 75.5 Å². The molecule has 0 spiro atoms. The van der Waals surface area contributed by atoms with Gasteiger partial charge in [-0.2, -0.15) is 4.98 Å². The Bertz CT molecular complexity index is 295. The fraction of sp³-hybridized carbons (Fsp3) is 0.571. The number of carbonyl (C=O) groups is 1. The summed E-state index contributed by atoms with van der Waals surface area (Å²) in [6.07, 6.45) is 0. The molecular formula is C7H11N3O3. The van der Waals surface area contributed by atoms with Crippen LogP contribution in [0.25, 0.3) is 0 Å². The van der Waals surface area contributed by atoms with Crippen LogP contribution in [0.15, 0.2) is 4.52 Å². The molecule has 1 aromatic heterocycles. The van der Waals surface area contributed by atoms with Crippen molar-refractivity contribution in [2.45, 2.75) is 6.92 Å². The van der Waals surface area contributed by atoms with E-state index < -0.39 is 5.97 Å². The van der Waals surface area contributed by atoms with Crippen LogP contribution < -0.4 is 4.90 Å². The lowest BCUT2D eigenvalue weighted by Crippen LogP contribution is -2.11. The van der Waals surface area contributed by atoms with Gasteiger partial charge in [0.25, 0.3) is 5.95 Å². The fourth-order valence-electron chi connectivity index (χ4n) is 0.673. The van der Waals surface area contributed by atoms with Gasteiger partial charge in [0.1, 0.15) is 0 Å². The molecule has 0 radical (unpaired) electrons. The van der Waals surface area contributed by atoms with Gasteiger partial charge in [-0.3, -0.25) is 0 Å². The zero-order chi connectivity index (χ0) is 9.84. The zero-order valence-corrected chi connectivity index (χ0v) is 7.77. The molecule has 6 nitrogen and oxygen atoms in total. The van der Waals surface area contributed by atoms with Crippen LogP contribution in [0.4, 0.5) is 5.95 Å². The monoisotopic (exact) mass is 185 g/mol. The Morgan fingerprint density at radius 2 is 2.31 bits per heavy atom. The fourth-order valence-corrected chi connectivity index (χ4v) is 0.673. The van der Waals surface area contributed by atoms with E-state index in [2.05, 4.69) is 19.4 Å². The summed E-state index contributed by atoms with van der Waals surface area (Å²) in [5, 5.41) is 3.56. The van der Waals surface area contributed by atoms with Crippen molar-refractivity contribution in [3.05, 3.63) is 5.89 Å². The van der Waals surface area contributed by atoms with Crippen molar-refractivity contribution in [1.29, 1.82) is 0 Å². The molecule has 0 unspecified atom stereocenters. The number of esters is 1. The highest BCUT2D eigenvalue weighted by Gasteiger charge is 2.16. The number of carbonyl (C=O) groups excluding carboxylic acids is 1. The van der Waals surface area contributed by atoms with Gasteiger partial charge in [0.15, 0.2) is 0 Å². The SMILES string of the molecule is CCOC(=O)c1nc(N(C)C)no1. The van der Waals surface area contributed by atoms with Crippen LogP contribution >= 0.6 is 0 Å². The van der Waals surface area contributed by atoms with E-state index in [1.165, 1.54) is 0 Å². The van der Waals surface area contributed by atoms with E-state index in [1.54, 1.807) is 25.9 Å². The molecule has 0 amide bonds. The second-order valence-electron chi connectivity index (χ2n) is 2.51. The first kappa shape index (κ1) is 9.50. The smallest absolute Gasteiger partial charge is 0.397 e. The molecule has 0 aliphatic rings. The molecular weight excluding hydrogens is 174 g/mol. The molecule has 1 rings (SSSR count). The van der Waals surface area contributed by atoms with Crippen LogP contribution in [0.3, 0.4) is 0 Å². The molecule has 0 aliphatic heterocycles. The average Bonchev–Trinajstić information content (AvgIpc) is 2.52. The molecule has 0 fully saturated rings. The van der Waals surface area contributed by atoms with Crippen LogP contribution in [0.2, 0.25) is 0 Å². The minimum Gasteiger partial charge on any atom is -0.459 e. The second kappa shape index (κ2) is 3.88. The number of ether oxygens (including phenoxy) is 1. The lowest BCUT2D eigenvalue weighted by Gasteiger charge is -2.02. The van der Waals surface area contributed by atoms with E-state index in [-0.39, 0.29) is 5.89 Å². The molecule has 13 heavy (non-hydrogen) atoms. The lowest BCUT2D eigenvalue weighted by atomic mass is 10.6. The van der Waals surface area contributed by atoms with Gasteiger partial charge in [0.05, 0.1) is 6.61 Å². The van der Waals surface area contributed by atoms with Gasteiger partial charge >= 0.3 is 11.9 Å². The first-order valence-electron chi connectivity index (χ1n) is 3.83. The highest BCUT2D eigenvalue weighted by molar-refractivity contribution is 5.84. The number of aromatic nitrogens is 2. The standard InChI is InChI=1S/C7H11N3O3/c1-4-12-6(11)5-8-7(9-13-5)10(2)3/h4H2,1-3H3. The minimum atomic E-state index is -0.594. The molecule has 0 aliphatic carbocycles. The maximum atomic E-state index is 11.0. The average molecular weight is 185 g/mol. The number of hydrogen-bond donors (Lipinski definition) is 0. The predicted molar refractivity (Wildman–Crippen MR) is 44.6 cm³/mol. The van der Waals surface area contributed by atoms with Crippen LogP contribution in [-0.2, 0) is 4.74 Å². The lowest BCUT2D eigenvalue weighted by molar-refractivity contribution is 0.0470. The summed E-state index contributed by atoms with van der Waals surface area (Å²) in [5.41, 5.74) is 0. The Morgan fingerprint density at radius 3 is 2.77 bits per heavy atom. The first-order chi connectivity index (χ1) is 6.15. The predicted octanol–water partition coefficient (Wildman–Crippen LogP) is 0.312. The molecule has 72 valence electrons. The van der Waals surface area contributed by atoms with E-state index in [4.69, 9.17) is 0 Å². The number of anilines is 1. The molecule has 0 saturated heterocycles. The van der Waals surface area contributed by atoms with Gasteiger partial charge in [0.2, 0.25) is 0 Å². The molecule has 0 bridgehead atoms. The summed E-state index contributed by atoms with van der Waals surface area (Å²) < 4.78 is 9.33. The van der Waals surface area contributed by atoms with Gasteiger partial charge in [-0.15, -0.1) is 0 Å². The van der Waals surface area contributed by atoms with Crippen molar-refractivity contribution in [2.24, 2.45) is 0 Å². The maximum Gasteiger partial charge on any atom is 0.397 e. The Balaban J connectivity index is 2.73. The van der Waals surface area contributed by atoms with Crippen molar-refractivity contribution in [1.82, 2.24) is 10.1 Å². The highest BCUT2D eigenvalue weighted by atomic mass is 16.6. The third kappa shape index (κ3) is 2.17. The third-order valence-corrected chi connectivity index (χ3v) is 1.27. The Hall–Kier alpha value is -1.59. The van der Waals surface area contributed by atoms with Crippen LogP contribution in [0.5, 0.6) is 0 Å². The van der Waals surface area contributed by atoms with E-state index in [9.17, 15) is 4.79 Å². The van der Waals surface area contributed by atoms with Crippen molar-refractivity contribution >= 4 is 11.9 Å². The number of nitrogens with zero attached hydrogens (tertiary/aromatic N) is 3. The third-order valence-electron chi connectivity index (χ3n) is 1.27. The van der Waals surface area contributed by atoms with Gasteiger partial charge in [0, 0.05) is 14.1 Å². The van der Waals surface area contributed by atoms with E-state index in [0.29, 0.717) is 12.6 Å². The van der Waals surface area contributed by atoms with Gasteiger partial charge in [-0.25, -0.2) is 4.79 Å². The first-order valence-corrected chi connectivity index (χ1v) is 3.83. The van der Waals surface area contributed by atoms with Crippen molar-refractivity contribution in [3.63, 3.8) is 0 Å². The highest BCUT2D eigenvalue weighted by Crippen LogP contribution is 2.05. The minimum absolute atomic E-state index is 0.120. The van der Waals surface area contributed by atoms with Gasteiger partial charge in [-0.1, -0.05) is 0 Å². The number of rotatable bonds is 3. The van der Waals surface area contributed by atoms with E-state index in [0.717, 1.165) is 0 Å². The van der Waals surface area contributed by atoms with Gasteiger partial charge in [-0.05, 0) is 12.1 Å². The molecule has 1 aromatic rings. The van der Waals surface area contributed by atoms with Crippen molar-refractivity contribution in [2.75, 3.05) is 25.6 Å². The summed E-state index contributed by atoms with van der Waals surface area (Å²) >= 11 is 0. The molecule has 0 saturated carbocycles. The Kier molecular flexibility index (Phi) is 2.84. The zero-order valence-electron chi connectivity index (χ0n) is 7.77. The van der Waals surface area contributed by atoms with E-state index >= 15 is 0 Å². The molecule has 1 heterocycles. The molecule has 0 N–H and O–H groups in total. The number of hydrogen-bond acceptors (Lipinski definition) is 6. The quantitative estimate of drug-likeness (QED) is 0.631. The summed E-state index contributed by atoms with van der Waals surface area (Å²) in [4.78, 5) is 16.5. The summed E-state index contributed by atoms with van der Waals surface area (Å²) in [7, 11) is 3.50. The van der Waals surface area contributed by atoms with Crippen molar-refractivity contribution < 1.29 is 14.1 Å². The molecule has 6 heteroatoms. The van der Waals surface area contributed by atoms with Crippen molar-refractivity contribution in [3.8, 4) is 0 Å². The van der Waals surface area contributed by atoms with Crippen LogP contribution in [0, 0.1) is 0 Å². The Morgan fingerprint density at radius 1 is 1.62 bits per heavy atom. The van der Waals surface area contributed by atoms with Crippen LogP contribution in [-0.4, -0.2) is 36.8 Å². The normalized spacial score (nSPS) is 9.77. The van der Waals surface area contributed by atoms with E-state index in [1.807, 2.05) is 0 Å². The van der Waals surface area contributed by atoms with Gasteiger partial charge < -0.3 is 14.2 Å². The topological polar surface area (TPSA) is 68.5 Å². The summed E-state index contributed by atoms with van der Waals surface area (Å²) in [5.74, 6) is -0.364.